The minimum Gasteiger partial charge on any atom is -0.455 e. The van der Waals surface area contributed by atoms with Crippen LogP contribution in [0.1, 0.15) is 93.1 Å². The van der Waals surface area contributed by atoms with Crippen LogP contribution in [0.4, 0.5) is 4.79 Å². The number of aliphatic hydroxyl groups is 2. The van der Waals surface area contributed by atoms with Crippen molar-refractivity contribution >= 4 is 41.5 Å². The first-order chi connectivity index (χ1) is 31.3. The average Bonchev–Trinajstić information content (AvgIpc) is 3.29. The van der Waals surface area contributed by atoms with Crippen LogP contribution in [0.15, 0.2) is 102 Å². The fraction of sp³-hybridized carbons (Fsp3) is 0.460. The number of amides is 1. The number of carbonyl (C=O) groups excluding carboxylic acids is 7. The first kappa shape index (κ1) is 46.3. The number of nitrogens with one attached hydrogen (secondary N) is 1. The van der Waals surface area contributed by atoms with Crippen LogP contribution in [-0.2, 0) is 47.6 Å². The predicted octanol–water partition coefficient (Wildman–Crippen LogP) is 4.94. The lowest BCUT2D eigenvalue weighted by molar-refractivity contribution is -0.364. The van der Waals surface area contributed by atoms with Crippen LogP contribution in [0.3, 0.4) is 0 Å². The topological polar surface area (TPSA) is 227 Å². The molecule has 1 unspecified atom stereocenters. The Balaban J connectivity index is 1.29. The second-order valence-corrected chi connectivity index (χ2v) is 18.4. The number of ketones is 2. The van der Waals surface area contributed by atoms with Gasteiger partial charge in [0.2, 0.25) is 6.10 Å². The van der Waals surface area contributed by atoms with Crippen molar-refractivity contribution in [1.29, 1.82) is 0 Å². The molecule has 3 saturated carbocycles. The minimum absolute atomic E-state index is 0.0457. The van der Waals surface area contributed by atoms with Crippen molar-refractivity contribution < 1.29 is 72.2 Å². The number of hydrogen-bond donors (Lipinski definition) is 3. The van der Waals surface area contributed by atoms with Crippen LogP contribution in [-0.4, -0.2) is 107 Å². The molecule has 0 bridgehead atoms. The molecule has 4 aliphatic carbocycles. The molecule has 12 atom stereocenters. The third-order valence-electron chi connectivity index (χ3n) is 15.0. The normalized spacial score (nSPS) is 33.4. The standard InChI is InChI=1S/C50H53NO15/c1-7-61-45(59)64-38(36(30-17-11-8-12-18-30)51-42(56)31-19-13-9-14-20-31)44(58)66-50-25-49(60)41(65-43(57)32-21-15-10-16-22-32)39-46(5,33(54)23-34-48(39,26-62-34)24-27(2)52)40(55)37(63-29(4)53)35(28(50)3)47(49,50)6/h8-22,33-34,36-39,41,54,60H,7,23-26H2,1-6H3,(H,51,56)/t33-,34+,36-,37+,38+,39-,41-,46+,47+,48+,49+,50?/m0/s1. The molecular formula is C50H53NO15. The largest absolute Gasteiger partial charge is 0.509 e. The van der Waals surface area contributed by atoms with Gasteiger partial charge in [0.1, 0.15) is 29.1 Å². The number of aliphatic hydroxyl groups excluding tert-OH is 1. The van der Waals surface area contributed by atoms with Crippen molar-refractivity contribution in [3.05, 3.63) is 119 Å². The van der Waals surface area contributed by atoms with Crippen molar-refractivity contribution in [2.75, 3.05) is 13.2 Å². The third-order valence-corrected chi connectivity index (χ3v) is 15.0. The van der Waals surface area contributed by atoms with Crippen LogP contribution in [0.5, 0.6) is 0 Å². The third kappa shape index (κ3) is 6.86. The Hall–Kier alpha value is -6.23. The quantitative estimate of drug-likeness (QED) is 0.117. The van der Waals surface area contributed by atoms with Gasteiger partial charge in [0.05, 0.1) is 41.8 Å². The van der Waals surface area contributed by atoms with E-state index in [9.17, 15) is 34.2 Å². The van der Waals surface area contributed by atoms with Gasteiger partial charge in [-0.25, -0.2) is 14.4 Å². The van der Waals surface area contributed by atoms with E-state index < -0.39 is 112 Å². The molecule has 1 heterocycles. The van der Waals surface area contributed by atoms with E-state index in [0.29, 0.717) is 5.56 Å². The predicted molar refractivity (Wildman–Crippen MR) is 230 cm³/mol. The Morgan fingerprint density at radius 3 is 2.05 bits per heavy atom. The average molecular weight is 908 g/mol. The summed E-state index contributed by atoms with van der Waals surface area (Å²) in [4.78, 5) is 98.2. The minimum atomic E-state index is -2.28. The van der Waals surface area contributed by atoms with Gasteiger partial charge in [0.15, 0.2) is 11.9 Å². The van der Waals surface area contributed by atoms with E-state index in [1.807, 2.05) is 0 Å². The molecule has 1 aliphatic heterocycles. The maximum absolute atomic E-state index is 15.6. The van der Waals surface area contributed by atoms with Gasteiger partial charge in [-0.2, -0.15) is 0 Å². The van der Waals surface area contributed by atoms with Crippen LogP contribution < -0.4 is 5.32 Å². The summed E-state index contributed by atoms with van der Waals surface area (Å²) < 4.78 is 35.7. The number of carbonyl (C=O) groups is 7. The van der Waals surface area contributed by atoms with E-state index in [2.05, 4.69) is 5.32 Å². The van der Waals surface area contributed by atoms with E-state index in [1.165, 1.54) is 46.8 Å². The maximum atomic E-state index is 15.6. The van der Waals surface area contributed by atoms with Crippen LogP contribution in [0, 0.1) is 22.2 Å². The van der Waals surface area contributed by atoms with Gasteiger partial charge in [-0.1, -0.05) is 66.7 Å². The van der Waals surface area contributed by atoms with Crippen molar-refractivity contribution in [3.8, 4) is 0 Å². The second-order valence-electron chi connectivity index (χ2n) is 18.4. The summed E-state index contributed by atoms with van der Waals surface area (Å²) in [6.07, 6.45) is -9.75. The number of hydrogen-bond acceptors (Lipinski definition) is 15. The van der Waals surface area contributed by atoms with E-state index in [4.69, 9.17) is 28.4 Å². The van der Waals surface area contributed by atoms with Crippen LogP contribution in [0.25, 0.3) is 0 Å². The summed E-state index contributed by atoms with van der Waals surface area (Å²) in [6.45, 7) is 8.27. The van der Waals surface area contributed by atoms with Gasteiger partial charge < -0.3 is 48.7 Å². The second kappa shape index (κ2) is 16.9. The van der Waals surface area contributed by atoms with E-state index in [0.717, 1.165) is 6.92 Å². The molecule has 1 amide bonds. The molecule has 0 radical (unpaired) electrons. The summed E-state index contributed by atoms with van der Waals surface area (Å²) in [7, 11) is 0. The van der Waals surface area contributed by atoms with Gasteiger partial charge in [-0.15, -0.1) is 0 Å². The Kier molecular flexibility index (Phi) is 11.8. The first-order valence-electron chi connectivity index (χ1n) is 22.0. The van der Waals surface area contributed by atoms with Crippen molar-refractivity contribution in [2.45, 2.75) is 109 Å². The molecule has 1 saturated heterocycles. The first-order valence-corrected chi connectivity index (χ1v) is 22.0. The van der Waals surface area contributed by atoms with E-state index in [1.54, 1.807) is 78.9 Å². The van der Waals surface area contributed by atoms with Gasteiger partial charge in [0.25, 0.3) is 5.91 Å². The Morgan fingerprint density at radius 1 is 0.879 bits per heavy atom. The van der Waals surface area contributed by atoms with Gasteiger partial charge in [-0.3, -0.25) is 14.4 Å². The van der Waals surface area contributed by atoms with E-state index >= 15 is 9.59 Å². The zero-order chi connectivity index (χ0) is 47.6. The molecule has 16 nitrogen and oxygen atoms in total. The Labute approximate surface area is 380 Å². The Morgan fingerprint density at radius 2 is 1.48 bits per heavy atom. The zero-order valence-electron chi connectivity index (χ0n) is 37.4. The molecule has 8 rings (SSSR count). The Bertz CT molecular complexity index is 2500. The smallest absolute Gasteiger partial charge is 0.455 e. The number of Topliss-reactive ketones (excluding diaryl/α,β-unsaturated/α-hetero) is 2. The molecule has 348 valence electrons. The number of fused-ring (bicyclic) bond motifs is 3. The number of ether oxygens (including phenoxy) is 6. The highest BCUT2D eigenvalue weighted by Gasteiger charge is 2.89. The molecular weight excluding hydrogens is 855 g/mol. The fourth-order valence-corrected chi connectivity index (χ4v) is 11.9. The lowest BCUT2D eigenvalue weighted by atomic mass is 9.30. The SMILES string of the molecule is CCOC(=O)O[C@@H](C(=O)OC12C[C@@]3(O)[C@@H](OC(=O)c4ccccc4)[C@@H]4[C@]5(CC(C)=O)CO[C@@H]5C[C@H](O)[C@@]4(C)C(=O)[C@H](OC(C)=O)C(=C1C)[C@@]23C)[C@@H](NC(=O)c1ccccc1)c1ccccc1. The van der Waals surface area contributed by atoms with Gasteiger partial charge >= 0.3 is 24.1 Å². The highest BCUT2D eigenvalue weighted by molar-refractivity contribution is 5.97. The van der Waals surface area contributed by atoms with Crippen molar-refractivity contribution in [2.24, 2.45) is 22.2 Å². The van der Waals surface area contributed by atoms with E-state index in [-0.39, 0.29) is 54.1 Å². The van der Waals surface area contributed by atoms with Gasteiger partial charge in [0, 0.05) is 43.1 Å². The lowest BCUT2D eigenvalue weighted by Gasteiger charge is -2.78. The monoisotopic (exact) mass is 907 g/mol. The lowest BCUT2D eigenvalue weighted by Crippen LogP contribution is -2.89. The number of rotatable bonds is 13. The maximum Gasteiger partial charge on any atom is 0.509 e. The van der Waals surface area contributed by atoms with Crippen LogP contribution >= 0.6 is 0 Å². The highest BCUT2D eigenvalue weighted by atomic mass is 16.7. The zero-order valence-corrected chi connectivity index (χ0v) is 37.4. The molecule has 0 aromatic heterocycles. The van der Waals surface area contributed by atoms with Crippen molar-refractivity contribution in [1.82, 2.24) is 5.32 Å². The summed E-state index contributed by atoms with van der Waals surface area (Å²) >= 11 is 0. The van der Waals surface area contributed by atoms with Crippen molar-refractivity contribution in [3.63, 3.8) is 0 Å². The number of benzene rings is 3. The molecule has 0 spiro atoms. The molecule has 5 aliphatic rings. The molecule has 3 N–H and O–H groups in total. The summed E-state index contributed by atoms with van der Waals surface area (Å²) in [5, 5.41) is 28.6. The molecule has 4 fully saturated rings. The molecule has 66 heavy (non-hydrogen) atoms. The van der Waals surface area contributed by atoms with Crippen LogP contribution in [0.2, 0.25) is 0 Å². The molecule has 3 aromatic rings. The molecule has 3 aromatic carbocycles. The summed E-state index contributed by atoms with van der Waals surface area (Å²) in [5.41, 5.74) is -8.37. The summed E-state index contributed by atoms with van der Waals surface area (Å²) in [5.74, 6) is -6.01. The fourth-order valence-electron chi connectivity index (χ4n) is 11.9. The molecule has 16 heteroatoms. The number of esters is 3. The summed E-state index contributed by atoms with van der Waals surface area (Å²) in [6, 6.07) is 22.9. The highest BCUT2D eigenvalue weighted by Crippen LogP contribution is 2.79. The van der Waals surface area contributed by atoms with Gasteiger partial charge in [-0.05, 0) is 75.6 Å².